The van der Waals surface area contributed by atoms with Crippen molar-refractivity contribution in [2.45, 2.75) is 26.3 Å². The molecular formula is C11H13N3O3S. The second kappa shape index (κ2) is 6.02. The quantitative estimate of drug-likeness (QED) is 0.718. The molecule has 1 aromatic rings. The van der Waals surface area contributed by atoms with Crippen LogP contribution in [-0.4, -0.2) is 28.1 Å². The molecule has 1 aromatic heterocycles. The van der Waals surface area contributed by atoms with Gasteiger partial charge in [-0.25, -0.2) is 14.6 Å². The van der Waals surface area contributed by atoms with Gasteiger partial charge in [0.25, 0.3) is 0 Å². The van der Waals surface area contributed by atoms with E-state index in [0.717, 1.165) is 10.6 Å². The van der Waals surface area contributed by atoms with E-state index in [1.54, 1.807) is 0 Å². The number of rotatable bonds is 4. The van der Waals surface area contributed by atoms with Crippen molar-refractivity contribution in [1.82, 2.24) is 10.3 Å². The number of carbonyl (C=O) groups is 2. The van der Waals surface area contributed by atoms with Gasteiger partial charge in [-0.1, -0.05) is 0 Å². The topological polar surface area (TPSA) is 91.3 Å². The van der Waals surface area contributed by atoms with Gasteiger partial charge in [-0.3, -0.25) is 5.32 Å². The number of urea groups is 1. The van der Waals surface area contributed by atoms with Gasteiger partial charge in [-0.2, -0.15) is 0 Å². The van der Waals surface area contributed by atoms with Gasteiger partial charge in [-0.05, 0) is 13.8 Å². The van der Waals surface area contributed by atoms with Crippen LogP contribution in [0.5, 0.6) is 0 Å². The molecule has 0 bridgehead atoms. The molecule has 0 spiro atoms. The molecule has 0 aliphatic carbocycles. The van der Waals surface area contributed by atoms with Gasteiger partial charge in [0.1, 0.15) is 6.04 Å². The lowest BCUT2D eigenvalue weighted by Gasteiger charge is -2.11. The molecule has 96 valence electrons. The number of nitrogens with zero attached hydrogens (tertiary/aromatic N) is 1. The molecule has 1 atom stereocenters. The van der Waals surface area contributed by atoms with Crippen LogP contribution in [0.15, 0.2) is 0 Å². The lowest BCUT2D eigenvalue weighted by molar-refractivity contribution is -0.139. The Labute approximate surface area is 108 Å². The fraction of sp³-hybridized carbons (Fsp3) is 0.364. The third kappa shape index (κ3) is 3.75. The predicted molar refractivity (Wildman–Crippen MR) is 68.6 cm³/mol. The fourth-order valence-electron chi connectivity index (χ4n) is 1.14. The first-order valence-corrected chi connectivity index (χ1v) is 5.93. The van der Waals surface area contributed by atoms with Crippen molar-refractivity contribution in [1.29, 1.82) is 0 Å². The molecule has 1 heterocycles. The summed E-state index contributed by atoms with van der Waals surface area (Å²) >= 11 is 1.32. The van der Waals surface area contributed by atoms with E-state index >= 15 is 0 Å². The van der Waals surface area contributed by atoms with Gasteiger partial charge in [0, 0.05) is 11.3 Å². The van der Waals surface area contributed by atoms with Crippen LogP contribution in [0.2, 0.25) is 0 Å². The average Bonchev–Trinajstić information content (AvgIpc) is 2.57. The zero-order chi connectivity index (χ0) is 13.7. The van der Waals surface area contributed by atoms with Crippen molar-refractivity contribution in [3.05, 3.63) is 10.6 Å². The second-order valence-corrected chi connectivity index (χ2v) is 4.76. The van der Waals surface area contributed by atoms with Crippen LogP contribution in [0.3, 0.4) is 0 Å². The van der Waals surface area contributed by atoms with E-state index in [0.29, 0.717) is 5.13 Å². The van der Waals surface area contributed by atoms with Crippen molar-refractivity contribution in [3.8, 4) is 12.3 Å². The van der Waals surface area contributed by atoms with Gasteiger partial charge in [-0.15, -0.1) is 23.7 Å². The van der Waals surface area contributed by atoms with Crippen molar-refractivity contribution in [2.75, 3.05) is 5.32 Å². The number of amides is 2. The number of nitrogens with one attached hydrogen (secondary N) is 2. The summed E-state index contributed by atoms with van der Waals surface area (Å²) in [4.78, 5) is 27.4. The van der Waals surface area contributed by atoms with Crippen LogP contribution in [0, 0.1) is 26.2 Å². The standard InChI is InChI=1S/C11H13N3O3S/c1-4-5-8(9(15)16)13-10(17)14-11-12-6(2)7(3)18-11/h1,8H,5H2,2-3H3,(H,15,16)(H2,12,13,14,17). The Balaban J connectivity index is 2.60. The highest BCUT2D eigenvalue weighted by Gasteiger charge is 2.19. The molecule has 2 amide bonds. The molecule has 0 saturated heterocycles. The lowest BCUT2D eigenvalue weighted by atomic mass is 10.2. The SMILES string of the molecule is C#CCC(NC(=O)Nc1nc(C)c(C)s1)C(=O)O. The number of aryl methyl sites for hydroxylation is 2. The van der Waals surface area contributed by atoms with Crippen molar-refractivity contribution < 1.29 is 14.7 Å². The van der Waals surface area contributed by atoms with E-state index in [9.17, 15) is 9.59 Å². The highest BCUT2D eigenvalue weighted by atomic mass is 32.1. The number of carboxylic acids is 1. The first-order chi connectivity index (χ1) is 8.43. The van der Waals surface area contributed by atoms with Gasteiger partial charge >= 0.3 is 12.0 Å². The molecular weight excluding hydrogens is 254 g/mol. The summed E-state index contributed by atoms with van der Waals surface area (Å²) < 4.78 is 0. The molecule has 0 aliphatic rings. The number of anilines is 1. The minimum Gasteiger partial charge on any atom is -0.480 e. The minimum absolute atomic E-state index is 0.0708. The van der Waals surface area contributed by atoms with Crippen LogP contribution in [0.4, 0.5) is 9.93 Å². The summed E-state index contributed by atoms with van der Waals surface area (Å²) in [6.07, 6.45) is 4.95. The van der Waals surface area contributed by atoms with Crippen LogP contribution in [0.1, 0.15) is 17.0 Å². The van der Waals surface area contributed by atoms with Crippen LogP contribution in [0.25, 0.3) is 0 Å². The Morgan fingerprint density at radius 2 is 2.22 bits per heavy atom. The Morgan fingerprint density at radius 1 is 1.56 bits per heavy atom. The van der Waals surface area contributed by atoms with E-state index in [-0.39, 0.29) is 6.42 Å². The number of terminal acetylenes is 1. The van der Waals surface area contributed by atoms with Crippen molar-refractivity contribution >= 4 is 28.5 Å². The molecule has 7 heteroatoms. The molecule has 3 N–H and O–H groups in total. The minimum atomic E-state index is -1.17. The highest BCUT2D eigenvalue weighted by Crippen LogP contribution is 2.20. The molecule has 0 saturated carbocycles. The van der Waals surface area contributed by atoms with Crippen LogP contribution < -0.4 is 10.6 Å². The largest absolute Gasteiger partial charge is 0.480 e. The number of carboxylic acid groups (broad SMARTS) is 1. The Hall–Kier alpha value is -2.07. The molecule has 18 heavy (non-hydrogen) atoms. The summed E-state index contributed by atoms with van der Waals surface area (Å²) in [5.74, 6) is 1.02. The summed E-state index contributed by atoms with van der Waals surface area (Å²) in [6.45, 7) is 3.71. The maximum absolute atomic E-state index is 11.5. The first-order valence-electron chi connectivity index (χ1n) is 5.12. The zero-order valence-corrected chi connectivity index (χ0v) is 10.8. The first kappa shape index (κ1) is 14.0. The molecule has 0 radical (unpaired) electrons. The smallest absolute Gasteiger partial charge is 0.327 e. The summed E-state index contributed by atoms with van der Waals surface area (Å²) in [5.41, 5.74) is 0.828. The Bertz CT molecular complexity index is 485. The summed E-state index contributed by atoms with van der Waals surface area (Å²) in [6, 6.07) is -1.73. The second-order valence-electron chi connectivity index (χ2n) is 3.56. The number of carbonyl (C=O) groups excluding carboxylic acids is 1. The van der Waals surface area contributed by atoms with Gasteiger partial charge in [0.2, 0.25) is 0 Å². The van der Waals surface area contributed by atoms with Gasteiger partial charge in [0.15, 0.2) is 5.13 Å². The van der Waals surface area contributed by atoms with E-state index in [4.69, 9.17) is 11.5 Å². The maximum atomic E-state index is 11.5. The van der Waals surface area contributed by atoms with E-state index in [1.807, 2.05) is 13.8 Å². The highest BCUT2D eigenvalue weighted by molar-refractivity contribution is 7.15. The van der Waals surface area contributed by atoms with Crippen molar-refractivity contribution in [3.63, 3.8) is 0 Å². The van der Waals surface area contributed by atoms with Gasteiger partial charge < -0.3 is 10.4 Å². The van der Waals surface area contributed by atoms with E-state index in [1.165, 1.54) is 11.3 Å². The Morgan fingerprint density at radius 3 is 2.67 bits per heavy atom. The molecule has 1 rings (SSSR count). The number of aliphatic carboxylic acids is 1. The normalized spacial score (nSPS) is 11.4. The average molecular weight is 267 g/mol. The summed E-state index contributed by atoms with van der Waals surface area (Å²) in [5, 5.41) is 14.0. The zero-order valence-electron chi connectivity index (χ0n) is 9.98. The lowest BCUT2D eigenvalue weighted by Crippen LogP contribution is -2.42. The Kier molecular flexibility index (Phi) is 4.68. The molecule has 0 aliphatic heterocycles. The molecule has 1 unspecified atom stereocenters. The van der Waals surface area contributed by atoms with Crippen LogP contribution in [-0.2, 0) is 4.79 Å². The third-order valence-corrected chi connectivity index (χ3v) is 3.16. The van der Waals surface area contributed by atoms with Crippen molar-refractivity contribution in [2.24, 2.45) is 0 Å². The summed E-state index contributed by atoms with van der Waals surface area (Å²) in [7, 11) is 0. The third-order valence-electron chi connectivity index (χ3n) is 2.17. The number of hydrogen-bond donors (Lipinski definition) is 3. The van der Waals surface area contributed by atoms with E-state index < -0.39 is 18.0 Å². The van der Waals surface area contributed by atoms with E-state index in [2.05, 4.69) is 21.5 Å². The molecule has 0 aromatic carbocycles. The van der Waals surface area contributed by atoms with Gasteiger partial charge in [0.05, 0.1) is 5.69 Å². The molecule has 0 fully saturated rings. The monoisotopic (exact) mass is 267 g/mol. The fourth-order valence-corrected chi connectivity index (χ4v) is 1.95. The number of hydrogen-bond acceptors (Lipinski definition) is 4. The number of aromatic nitrogens is 1. The number of thiazole rings is 1. The maximum Gasteiger partial charge on any atom is 0.327 e. The molecule has 6 nitrogen and oxygen atoms in total. The predicted octanol–water partition coefficient (Wildman–Crippen LogP) is 1.36. The van der Waals surface area contributed by atoms with Crippen LogP contribution >= 0.6 is 11.3 Å².